The molecule has 0 aromatic carbocycles. The van der Waals surface area contributed by atoms with Crippen LogP contribution >= 0.6 is 11.3 Å². The summed E-state index contributed by atoms with van der Waals surface area (Å²) >= 11 is 1.07. The van der Waals surface area contributed by atoms with Crippen LogP contribution in [0.15, 0.2) is 6.07 Å². The molecule has 1 aliphatic carbocycles. The van der Waals surface area contributed by atoms with Gasteiger partial charge in [0.25, 0.3) is 0 Å². The second-order valence-electron chi connectivity index (χ2n) is 9.86. The molecule has 1 saturated heterocycles. The molecule has 1 aliphatic heterocycles. The largest absolute Gasteiger partial charge is 0.477 e. The van der Waals surface area contributed by atoms with E-state index >= 15 is 0 Å². The van der Waals surface area contributed by atoms with Crippen molar-refractivity contribution in [3.8, 4) is 11.8 Å². The van der Waals surface area contributed by atoms with E-state index in [-0.39, 0.29) is 28.0 Å². The highest BCUT2D eigenvalue weighted by molar-refractivity contribution is 7.15. The van der Waals surface area contributed by atoms with Crippen LogP contribution in [-0.4, -0.2) is 47.4 Å². The van der Waals surface area contributed by atoms with Crippen molar-refractivity contribution >= 4 is 34.8 Å². The third kappa shape index (κ3) is 5.30. The first-order valence-corrected chi connectivity index (χ1v) is 11.8. The van der Waals surface area contributed by atoms with Crippen molar-refractivity contribution in [2.45, 2.75) is 65.8 Å². The summed E-state index contributed by atoms with van der Waals surface area (Å²) in [6, 6.07) is 1.02. The fraction of sp³-hybridized carbons (Fsp3) is 0.625. The molecule has 0 radical (unpaired) electrons. The third-order valence-electron chi connectivity index (χ3n) is 6.04. The number of rotatable bonds is 4. The van der Waals surface area contributed by atoms with Gasteiger partial charge in [-0.2, -0.15) is 0 Å². The van der Waals surface area contributed by atoms with Crippen LogP contribution in [-0.2, 0) is 9.59 Å². The Hall–Kier alpha value is -2.33. The SMILES string of the molecule is CC1CCC(C(=O)N(c2cc(C#CC(C)(C)C)sc2C(=O)O)[C@@H]2CCN(C)C2=O)CC1. The number of thiophene rings is 1. The quantitative estimate of drug-likeness (QED) is 0.705. The zero-order valence-electron chi connectivity index (χ0n) is 19.0. The van der Waals surface area contributed by atoms with Crippen LogP contribution in [0.2, 0.25) is 0 Å². The normalized spacial score (nSPS) is 24.0. The molecule has 2 fully saturated rings. The van der Waals surface area contributed by atoms with E-state index in [9.17, 15) is 19.5 Å². The van der Waals surface area contributed by atoms with Gasteiger partial charge < -0.3 is 10.0 Å². The number of carboxylic acid groups (broad SMARTS) is 1. The number of carboxylic acids is 1. The number of aromatic carboxylic acids is 1. The average Bonchev–Trinajstić information content (AvgIpc) is 3.26. The molecule has 2 amide bonds. The highest BCUT2D eigenvalue weighted by Gasteiger charge is 2.42. The van der Waals surface area contributed by atoms with Crippen molar-refractivity contribution in [3.05, 3.63) is 15.8 Å². The van der Waals surface area contributed by atoms with Crippen LogP contribution in [0.3, 0.4) is 0 Å². The summed E-state index contributed by atoms with van der Waals surface area (Å²) in [5, 5.41) is 9.87. The maximum atomic E-state index is 13.7. The molecule has 1 aromatic rings. The monoisotopic (exact) mass is 444 g/mol. The van der Waals surface area contributed by atoms with E-state index < -0.39 is 12.0 Å². The van der Waals surface area contributed by atoms with E-state index in [1.54, 1.807) is 18.0 Å². The van der Waals surface area contributed by atoms with E-state index in [0.717, 1.165) is 37.0 Å². The smallest absolute Gasteiger partial charge is 0.348 e. The number of amides is 2. The lowest BCUT2D eigenvalue weighted by Crippen LogP contribution is -2.48. The van der Waals surface area contributed by atoms with Gasteiger partial charge >= 0.3 is 5.97 Å². The van der Waals surface area contributed by atoms with Crippen LogP contribution in [0.25, 0.3) is 0 Å². The van der Waals surface area contributed by atoms with E-state index in [2.05, 4.69) is 18.8 Å². The molecule has 1 N–H and O–H groups in total. The van der Waals surface area contributed by atoms with Crippen LogP contribution in [0.5, 0.6) is 0 Å². The number of hydrogen-bond acceptors (Lipinski definition) is 4. The van der Waals surface area contributed by atoms with Crippen molar-refractivity contribution in [2.75, 3.05) is 18.5 Å². The Balaban J connectivity index is 2.05. The number of likely N-dealkylation sites (N-methyl/N-ethyl adjacent to an activating group) is 1. The topological polar surface area (TPSA) is 77.9 Å². The second kappa shape index (κ2) is 9.04. The summed E-state index contributed by atoms with van der Waals surface area (Å²) in [6.45, 7) is 8.70. The Bertz CT molecular complexity index is 926. The summed E-state index contributed by atoms with van der Waals surface area (Å²) in [5.74, 6) is 5.24. The molecule has 2 aliphatic rings. The molecule has 2 heterocycles. The molecule has 1 atom stereocenters. The Kier molecular flexibility index (Phi) is 6.80. The summed E-state index contributed by atoms with van der Waals surface area (Å²) in [6.07, 6.45) is 4.00. The van der Waals surface area contributed by atoms with Crippen molar-refractivity contribution in [2.24, 2.45) is 17.3 Å². The van der Waals surface area contributed by atoms with Gasteiger partial charge in [-0.3, -0.25) is 14.5 Å². The summed E-state index contributed by atoms with van der Waals surface area (Å²) in [7, 11) is 1.72. The second-order valence-corrected chi connectivity index (χ2v) is 10.9. The van der Waals surface area contributed by atoms with Crippen LogP contribution in [0, 0.1) is 29.1 Å². The molecule has 0 unspecified atom stereocenters. The van der Waals surface area contributed by atoms with E-state index in [4.69, 9.17) is 0 Å². The lowest BCUT2D eigenvalue weighted by atomic mass is 9.82. The number of carbonyl (C=O) groups is 3. The van der Waals surface area contributed by atoms with Gasteiger partial charge in [0.2, 0.25) is 11.8 Å². The van der Waals surface area contributed by atoms with Gasteiger partial charge in [0.15, 0.2) is 0 Å². The Labute approximate surface area is 188 Å². The predicted molar refractivity (Wildman–Crippen MR) is 122 cm³/mol. The third-order valence-corrected chi connectivity index (χ3v) is 7.07. The van der Waals surface area contributed by atoms with E-state index in [0.29, 0.717) is 29.4 Å². The summed E-state index contributed by atoms with van der Waals surface area (Å²) < 4.78 is 0. The molecule has 1 saturated carbocycles. The molecule has 0 spiro atoms. The maximum absolute atomic E-state index is 13.7. The zero-order chi connectivity index (χ0) is 22.9. The van der Waals surface area contributed by atoms with Crippen LogP contribution in [0.1, 0.15) is 74.3 Å². The molecule has 0 bridgehead atoms. The van der Waals surface area contributed by atoms with E-state index in [1.165, 1.54) is 4.90 Å². The Morgan fingerprint density at radius 3 is 2.35 bits per heavy atom. The molecule has 168 valence electrons. The van der Waals surface area contributed by atoms with E-state index in [1.807, 2.05) is 20.8 Å². The first-order valence-electron chi connectivity index (χ1n) is 11.0. The Morgan fingerprint density at radius 2 is 1.84 bits per heavy atom. The highest BCUT2D eigenvalue weighted by Crippen LogP contribution is 2.37. The minimum atomic E-state index is -1.10. The van der Waals surface area contributed by atoms with Crippen molar-refractivity contribution in [1.29, 1.82) is 0 Å². The molecular formula is C24H32N2O4S. The van der Waals surface area contributed by atoms with Gasteiger partial charge in [-0.1, -0.05) is 18.8 Å². The summed E-state index contributed by atoms with van der Waals surface area (Å²) in [5.41, 5.74) is 0.0828. The molecule has 7 heteroatoms. The maximum Gasteiger partial charge on any atom is 0.348 e. The first kappa shape index (κ1) is 23.3. The van der Waals surface area contributed by atoms with Crippen molar-refractivity contribution in [1.82, 2.24) is 4.90 Å². The number of hydrogen-bond donors (Lipinski definition) is 1. The van der Waals surface area contributed by atoms with Gasteiger partial charge in [0.1, 0.15) is 10.9 Å². The number of carbonyl (C=O) groups excluding carboxylic acids is 2. The first-order chi connectivity index (χ1) is 14.5. The Morgan fingerprint density at radius 1 is 1.19 bits per heavy atom. The lowest BCUT2D eigenvalue weighted by Gasteiger charge is -2.33. The fourth-order valence-corrected chi connectivity index (χ4v) is 5.05. The minimum absolute atomic E-state index is 0.0677. The number of nitrogens with zero attached hydrogens (tertiary/aromatic N) is 2. The molecule has 31 heavy (non-hydrogen) atoms. The van der Waals surface area contributed by atoms with Gasteiger partial charge in [-0.05, 0) is 64.9 Å². The average molecular weight is 445 g/mol. The fourth-order valence-electron chi connectivity index (χ4n) is 4.21. The van der Waals surface area contributed by atoms with Gasteiger partial charge in [-0.25, -0.2) is 4.79 Å². The van der Waals surface area contributed by atoms with Gasteiger partial charge in [-0.15, -0.1) is 11.3 Å². The minimum Gasteiger partial charge on any atom is -0.477 e. The lowest BCUT2D eigenvalue weighted by molar-refractivity contribution is -0.131. The van der Waals surface area contributed by atoms with Gasteiger partial charge in [0, 0.05) is 24.9 Å². The molecule has 3 rings (SSSR count). The summed E-state index contributed by atoms with van der Waals surface area (Å²) in [4.78, 5) is 42.4. The number of likely N-dealkylation sites (tertiary alicyclic amines) is 1. The molecule has 1 aromatic heterocycles. The number of anilines is 1. The zero-order valence-corrected chi connectivity index (χ0v) is 19.8. The molecular weight excluding hydrogens is 412 g/mol. The van der Waals surface area contributed by atoms with Crippen molar-refractivity contribution < 1.29 is 19.5 Å². The molecule has 6 nitrogen and oxygen atoms in total. The standard InChI is InChI=1S/C24H32N2O4S/c1-15-6-8-16(9-7-15)21(27)26(18-11-13-25(5)22(18)28)19-14-17(10-12-24(2,3)4)31-20(19)23(29)30/h14-16,18H,6-9,11,13H2,1-5H3,(H,29,30)/t15?,16?,18-/m1/s1. The highest BCUT2D eigenvalue weighted by atomic mass is 32.1. The predicted octanol–water partition coefficient (Wildman–Crippen LogP) is 4.23. The van der Waals surface area contributed by atoms with Crippen LogP contribution in [0.4, 0.5) is 5.69 Å². The van der Waals surface area contributed by atoms with Crippen molar-refractivity contribution in [3.63, 3.8) is 0 Å². The van der Waals surface area contributed by atoms with Crippen LogP contribution < -0.4 is 4.90 Å². The van der Waals surface area contributed by atoms with Gasteiger partial charge in [0.05, 0.1) is 10.6 Å².